The number of benzene rings is 4. The summed E-state index contributed by atoms with van der Waals surface area (Å²) in [6.07, 6.45) is 3.70. The largest absolute Gasteiger partial charge is 0.507 e. The number of nitrogens with zero attached hydrogens (tertiary/aromatic N) is 1. The van der Waals surface area contributed by atoms with Gasteiger partial charge in [-0.2, -0.15) is 0 Å². The number of hydrogen-bond acceptors (Lipinski definition) is 2. The van der Waals surface area contributed by atoms with Crippen LogP contribution in [-0.2, 0) is 12.8 Å². The highest BCUT2D eigenvalue weighted by atomic mass is 16.3. The first-order valence-corrected chi connectivity index (χ1v) is 13.2. The van der Waals surface area contributed by atoms with Crippen molar-refractivity contribution in [1.82, 2.24) is 4.98 Å². The van der Waals surface area contributed by atoms with E-state index in [2.05, 4.69) is 114 Å². The van der Waals surface area contributed by atoms with E-state index < -0.39 is 0 Å². The van der Waals surface area contributed by atoms with Crippen molar-refractivity contribution in [1.29, 1.82) is 0 Å². The second-order valence-corrected chi connectivity index (χ2v) is 12.7. The number of rotatable bonds is 4. The summed E-state index contributed by atoms with van der Waals surface area (Å²) >= 11 is 0. The molecule has 0 spiro atoms. The summed E-state index contributed by atoms with van der Waals surface area (Å²) in [6.45, 7) is 13.4. The highest BCUT2D eigenvalue weighted by molar-refractivity contribution is 6.01. The molecule has 0 aliphatic rings. The number of aromatic hydroxyl groups is 1. The monoisotopic (exact) mass is 487 g/mol. The van der Waals surface area contributed by atoms with Gasteiger partial charge in [-0.1, -0.05) is 102 Å². The predicted octanol–water partition coefficient (Wildman–Crippen LogP) is 9.60. The molecule has 5 aromatic rings. The van der Waals surface area contributed by atoms with E-state index >= 15 is 0 Å². The van der Waals surface area contributed by atoms with E-state index in [1.807, 2.05) is 12.3 Å². The molecule has 2 nitrogen and oxygen atoms in total. The molecule has 0 unspecified atom stereocenters. The molecule has 1 aromatic heterocycles. The van der Waals surface area contributed by atoms with Crippen LogP contribution < -0.4 is 0 Å². The van der Waals surface area contributed by atoms with Crippen LogP contribution in [0.25, 0.3) is 43.9 Å². The van der Waals surface area contributed by atoms with Gasteiger partial charge in [-0.25, -0.2) is 0 Å². The molecule has 0 saturated heterocycles. The maximum atomic E-state index is 11.6. The molecule has 0 radical (unpaired) electrons. The number of fused-ring (bicyclic) bond motifs is 2. The molecule has 0 aliphatic carbocycles. The maximum absolute atomic E-state index is 11.6. The molecule has 0 fully saturated rings. The first-order chi connectivity index (χ1) is 17.5. The Kier molecular flexibility index (Phi) is 6.31. The summed E-state index contributed by atoms with van der Waals surface area (Å²) in [6, 6.07) is 27.9. The van der Waals surface area contributed by atoms with Gasteiger partial charge in [-0.3, -0.25) is 4.98 Å². The Morgan fingerprint density at radius 2 is 1.30 bits per heavy atom. The number of phenols is 1. The molecular formula is C35H37NO. The zero-order valence-electron chi connectivity index (χ0n) is 22.9. The van der Waals surface area contributed by atoms with Gasteiger partial charge in [-0.15, -0.1) is 0 Å². The van der Waals surface area contributed by atoms with E-state index in [4.69, 9.17) is 4.98 Å². The third-order valence-corrected chi connectivity index (χ3v) is 6.88. The number of pyridine rings is 1. The molecule has 4 aromatic carbocycles. The molecule has 0 bridgehead atoms. The highest BCUT2D eigenvalue weighted by Crippen LogP contribution is 2.42. The van der Waals surface area contributed by atoms with Crippen molar-refractivity contribution < 1.29 is 5.11 Å². The molecule has 0 atom stereocenters. The van der Waals surface area contributed by atoms with Crippen molar-refractivity contribution in [2.24, 2.45) is 10.8 Å². The fourth-order valence-corrected chi connectivity index (χ4v) is 5.30. The van der Waals surface area contributed by atoms with Crippen molar-refractivity contribution in [3.8, 4) is 28.1 Å². The molecule has 1 N–H and O–H groups in total. The molecular weight excluding hydrogens is 450 g/mol. The zero-order chi connectivity index (χ0) is 26.4. The van der Waals surface area contributed by atoms with E-state index in [0.717, 1.165) is 51.2 Å². The van der Waals surface area contributed by atoms with Gasteiger partial charge < -0.3 is 5.11 Å². The molecule has 1 heterocycles. The Morgan fingerprint density at radius 3 is 2.00 bits per heavy atom. The van der Waals surface area contributed by atoms with Crippen molar-refractivity contribution in [3.05, 3.63) is 96.2 Å². The predicted molar refractivity (Wildman–Crippen MR) is 158 cm³/mol. The lowest BCUT2D eigenvalue weighted by atomic mass is 9.84. The number of aromatic nitrogens is 1. The van der Waals surface area contributed by atoms with Gasteiger partial charge in [0.1, 0.15) is 5.75 Å². The van der Waals surface area contributed by atoms with Gasteiger partial charge in [0.25, 0.3) is 0 Å². The molecule has 0 saturated carbocycles. The van der Waals surface area contributed by atoms with Crippen LogP contribution >= 0.6 is 0 Å². The zero-order valence-corrected chi connectivity index (χ0v) is 22.9. The summed E-state index contributed by atoms with van der Waals surface area (Å²) in [7, 11) is 0. The lowest BCUT2D eigenvalue weighted by molar-refractivity contribution is 0.397. The standard InChI is InChI=1S/C35H37NO/c1-34(2,3)21-23-11-13-24(14-12-23)25-15-16-29-27(19-25)17-18-36-32(29)30-20-26-9-7-8-10-28(26)31(33(30)37)22-35(4,5)6/h7-20,37H,21-22H2,1-6H3. The lowest BCUT2D eigenvalue weighted by Crippen LogP contribution is -2.10. The first kappa shape index (κ1) is 25.0. The van der Waals surface area contributed by atoms with E-state index in [1.165, 1.54) is 16.7 Å². The van der Waals surface area contributed by atoms with Gasteiger partial charge in [-0.05, 0) is 74.7 Å². The van der Waals surface area contributed by atoms with E-state index in [1.54, 1.807) is 0 Å². The smallest absolute Gasteiger partial charge is 0.128 e. The van der Waals surface area contributed by atoms with Crippen LogP contribution in [0, 0.1) is 10.8 Å². The van der Waals surface area contributed by atoms with Crippen LogP contribution in [0.5, 0.6) is 5.75 Å². The molecule has 0 aliphatic heterocycles. The minimum atomic E-state index is 0.0440. The van der Waals surface area contributed by atoms with Crippen LogP contribution in [0.1, 0.15) is 52.7 Å². The van der Waals surface area contributed by atoms with Crippen molar-refractivity contribution in [2.75, 3.05) is 0 Å². The summed E-state index contributed by atoms with van der Waals surface area (Å²) in [5.74, 6) is 0.340. The van der Waals surface area contributed by atoms with Gasteiger partial charge >= 0.3 is 0 Å². The van der Waals surface area contributed by atoms with Crippen LogP contribution in [0.2, 0.25) is 0 Å². The van der Waals surface area contributed by atoms with E-state index in [9.17, 15) is 5.11 Å². The SMILES string of the molecule is CC(C)(C)Cc1ccc(-c2ccc3c(-c4cc5ccccc5c(CC(C)(C)C)c4O)nccc3c2)cc1. The Balaban J connectivity index is 1.60. The Hall–Kier alpha value is -3.65. The second kappa shape index (κ2) is 9.34. The normalized spacial score (nSPS) is 12.4. The Labute approximate surface area is 221 Å². The lowest BCUT2D eigenvalue weighted by Gasteiger charge is -2.22. The minimum absolute atomic E-state index is 0.0440. The molecule has 0 amide bonds. The molecule has 37 heavy (non-hydrogen) atoms. The van der Waals surface area contributed by atoms with Gasteiger partial charge in [0, 0.05) is 22.7 Å². The third-order valence-electron chi connectivity index (χ3n) is 6.88. The topological polar surface area (TPSA) is 33.1 Å². The van der Waals surface area contributed by atoms with Gasteiger partial charge in [0.2, 0.25) is 0 Å². The van der Waals surface area contributed by atoms with Crippen LogP contribution in [-0.4, -0.2) is 10.1 Å². The summed E-state index contributed by atoms with van der Waals surface area (Å²) in [4.78, 5) is 4.77. The van der Waals surface area contributed by atoms with E-state index in [0.29, 0.717) is 5.75 Å². The van der Waals surface area contributed by atoms with Crippen molar-refractivity contribution >= 4 is 21.5 Å². The second-order valence-electron chi connectivity index (χ2n) is 12.7. The minimum Gasteiger partial charge on any atom is -0.507 e. The molecule has 5 rings (SSSR count). The van der Waals surface area contributed by atoms with E-state index in [-0.39, 0.29) is 10.8 Å². The molecule has 2 heteroatoms. The van der Waals surface area contributed by atoms with Crippen molar-refractivity contribution in [2.45, 2.75) is 54.4 Å². The average molecular weight is 488 g/mol. The maximum Gasteiger partial charge on any atom is 0.128 e. The first-order valence-electron chi connectivity index (χ1n) is 13.2. The average Bonchev–Trinajstić information content (AvgIpc) is 2.84. The van der Waals surface area contributed by atoms with Gasteiger partial charge in [0.05, 0.1) is 5.69 Å². The summed E-state index contributed by atoms with van der Waals surface area (Å²) in [5.41, 5.74) is 6.68. The van der Waals surface area contributed by atoms with Crippen LogP contribution in [0.3, 0.4) is 0 Å². The third kappa shape index (κ3) is 5.39. The van der Waals surface area contributed by atoms with Crippen LogP contribution in [0.15, 0.2) is 85.1 Å². The van der Waals surface area contributed by atoms with Crippen molar-refractivity contribution in [3.63, 3.8) is 0 Å². The fraction of sp³-hybridized carbons (Fsp3) is 0.286. The number of hydrogen-bond donors (Lipinski definition) is 1. The quantitative estimate of drug-likeness (QED) is 0.274. The summed E-state index contributed by atoms with van der Waals surface area (Å²) < 4.78 is 0. The Morgan fingerprint density at radius 1 is 0.649 bits per heavy atom. The number of phenolic OH excluding ortho intramolecular Hbond substituents is 1. The summed E-state index contributed by atoms with van der Waals surface area (Å²) in [5, 5.41) is 16.0. The fourth-order valence-electron chi connectivity index (χ4n) is 5.30. The van der Waals surface area contributed by atoms with Gasteiger partial charge in [0.15, 0.2) is 0 Å². The Bertz CT molecular complexity index is 1580. The molecule has 188 valence electrons. The highest BCUT2D eigenvalue weighted by Gasteiger charge is 2.21. The van der Waals surface area contributed by atoms with Crippen LogP contribution in [0.4, 0.5) is 0 Å².